The second kappa shape index (κ2) is 5.21. The largest absolute Gasteiger partial charge is 0.449 e. The Bertz CT molecular complexity index is 482. The number of amides is 1. The molecule has 1 amide bonds. The van der Waals surface area contributed by atoms with E-state index in [0.717, 1.165) is 19.3 Å². The van der Waals surface area contributed by atoms with Crippen LogP contribution >= 0.6 is 0 Å². The van der Waals surface area contributed by atoms with E-state index in [2.05, 4.69) is 0 Å². The van der Waals surface area contributed by atoms with Gasteiger partial charge in [-0.25, -0.2) is 4.79 Å². The van der Waals surface area contributed by atoms with Crippen LogP contribution in [-0.4, -0.2) is 18.0 Å². The van der Waals surface area contributed by atoms with Crippen molar-refractivity contribution < 1.29 is 14.3 Å². The molecule has 1 aliphatic carbocycles. The Kier molecular flexibility index (Phi) is 3.65. The maximum Gasteiger partial charge on any atom is 0.338 e. The molecule has 0 heterocycles. The Morgan fingerprint density at radius 2 is 1.89 bits per heavy atom. The fourth-order valence-electron chi connectivity index (χ4n) is 2.15. The summed E-state index contributed by atoms with van der Waals surface area (Å²) < 4.78 is 4.98. The first kappa shape index (κ1) is 12.6. The molecule has 96 valence electrons. The van der Waals surface area contributed by atoms with E-state index in [1.54, 1.807) is 6.07 Å². The molecule has 0 radical (unpaired) electrons. The lowest BCUT2D eigenvalue weighted by atomic mass is 9.90. The topological polar surface area (TPSA) is 69.4 Å². The number of carbonyl (C=O) groups excluding carboxylic acids is 2. The molecule has 0 fully saturated rings. The number of aryl methyl sites for hydroxylation is 2. The van der Waals surface area contributed by atoms with E-state index >= 15 is 0 Å². The van der Waals surface area contributed by atoms with Crippen LogP contribution in [0, 0.1) is 0 Å². The Balaban J connectivity index is 2.13. The number of rotatable bonds is 3. The molecule has 0 unspecified atom stereocenters. The van der Waals surface area contributed by atoms with Crippen LogP contribution in [0.4, 0.5) is 0 Å². The number of ether oxygens (including phenoxy) is 1. The van der Waals surface area contributed by atoms with Crippen LogP contribution in [0.3, 0.4) is 0 Å². The summed E-state index contributed by atoms with van der Waals surface area (Å²) in [4.78, 5) is 22.7. The third kappa shape index (κ3) is 2.70. The fraction of sp³-hybridized carbons (Fsp3) is 0.429. The molecular weight excluding hydrogens is 230 g/mol. The molecule has 0 aliphatic heterocycles. The Morgan fingerprint density at radius 3 is 2.56 bits per heavy atom. The van der Waals surface area contributed by atoms with Crippen LogP contribution in [0.1, 0.15) is 41.3 Å². The van der Waals surface area contributed by atoms with Gasteiger partial charge in [0.25, 0.3) is 5.91 Å². The van der Waals surface area contributed by atoms with E-state index in [-0.39, 0.29) is 0 Å². The SMILES string of the molecule is C[C@H](OC(=O)c1ccc2c(c1)CCCC2)C(N)=O. The first-order chi connectivity index (χ1) is 8.58. The predicted molar refractivity (Wildman–Crippen MR) is 67.2 cm³/mol. The number of nitrogens with two attached hydrogens (primary N) is 1. The van der Waals surface area contributed by atoms with Crippen LogP contribution in [0.5, 0.6) is 0 Å². The highest BCUT2D eigenvalue weighted by Crippen LogP contribution is 2.22. The summed E-state index contributed by atoms with van der Waals surface area (Å²) in [6, 6.07) is 5.59. The normalized spacial score (nSPS) is 15.6. The van der Waals surface area contributed by atoms with E-state index in [9.17, 15) is 9.59 Å². The maximum absolute atomic E-state index is 11.8. The molecule has 4 nitrogen and oxygen atoms in total. The number of benzene rings is 1. The molecular formula is C14H17NO3. The van der Waals surface area contributed by atoms with Crippen LogP contribution in [0.25, 0.3) is 0 Å². The van der Waals surface area contributed by atoms with Crippen molar-refractivity contribution in [3.63, 3.8) is 0 Å². The standard InChI is InChI=1S/C14H17NO3/c1-9(13(15)16)18-14(17)12-7-6-10-4-2-3-5-11(10)8-12/h6-9H,2-5H2,1H3,(H2,15,16)/t9-/m0/s1. The lowest BCUT2D eigenvalue weighted by Crippen LogP contribution is -2.30. The highest BCUT2D eigenvalue weighted by atomic mass is 16.5. The van der Waals surface area contributed by atoms with Gasteiger partial charge in [-0.3, -0.25) is 4.79 Å². The molecule has 0 spiro atoms. The molecule has 1 aromatic rings. The third-order valence-corrected chi connectivity index (χ3v) is 3.27. The van der Waals surface area contributed by atoms with Gasteiger partial charge in [-0.05, 0) is 55.9 Å². The van der Waals surface area contributed by atoms with Crippen molar-refractivity contribution in [2.24, 2.45) is 5.73 Å². The molecule has 2 N–H and O–H groups in total. The minimum Gasteiger partial charge on any atom is -0.449 e. The van der Waals surface area contributed by atoms with E-state index in [1.165, 1.54) is 24.5 Å². The number of carbonyl (C=O) groups is 2. The molecule has 0 saturated carbocycles. The lowest BCUT2D eigenvalue weighted by Gasteiger charge is -2.16. The minimum absolute atomic E-state index is 0.490. The van der Waals surface area contributed by atoms with Gasteiger partial charge in [0.2, 0.25) is 0 Å². The predicted octanol–water partition coefficient (Wildman–Crippen LogP) is 1.60. The van der Waals surface area contributed by atoms with E-state index in [4.69, 9.17) is 10.5 Å². The summed E-state index contributed by atoms with van der Waals surface area (Å²) in [7, 11) is 0. The van der Waals surface area contributed by atoms with Crippen LogP contribution in [-0.2, 0) is 22.4 Å². The van der Waals surface area contributed by atoms with Crippen molar-refractivity contribution in [2.75, 3.05) is 0 Å². The number of fused-ring (bicyclic) bond motifs is 1. The van der Waals surface area contributed by atoms with Crippen LogP contribution < -0.4 is 5.73 Å². The van der Waals surface area contributed by atoms with Gasteiger partial charge in [-0.2, -0.15) is 0 Å². The number of hydrogen-bond donors (Lipinski definition) is 1. The van der Waals surface area contributed by atoms with Gasteiger partial charge in [-0.15, -0.1) is 0 Å². The van der Waals surface area contributed by atoms with Crippen molar-refractivity contribution in [1.29, 1.82) is 0 Å². The number of esters is 1. The summed E-state index contributed by atoms with van der Waals surface area (Å²) in [5, 5.41) is 0. The van der Waals surface area contributed by atoms with Crippen molar-refractivity contribution in [2.45, 2.75) is 38.7 Å². The van der Waals surface area contributed by atoms with E-state index in [1.807, 2.05) is 12.1 Å². The molecule has 2 rings (SSSR count). The number of primary amides is 1. The molecule has 1 aromatic carbocycles. The summed E-state index contributed by atoms with van der Waals surface area (Å²) in [6.07, 6.45) is 3.54. The second-order valence-electron chi connectivity index (χ2n) is 4.64. The Morgan fingerprint density at radius 1 is 1.22 bits per heavy atom. The van der Waals surface area contributed by atoms with Gasteiger partial charge in [-0.1, -0.05) is 6.07 Å². The first-order valence-corrected chi connectivity index (χ1v) is 6.20. The molecule has 0 saturated heterocycles. The smallest absolute Gasteiger partial charge is 0.338 e. The van der Waals surface area contributed by atoms with E-state index < -0.39 is 18.0 Å². The van der Waals surface area contributed by atoms with Gasteiger partial charge in [0, 0.05) is 0 Å². The van der Waals surface area contributed by atoms with Crippen molar-refractivity contribution in [3.05, 3.63) is 34.9 Å². The third-order valence-electron chi connectivity index (χ3n) is 3.27. The zero-order chi connectivity index (χ0) is 13.1. The molecule has 0 bridgehead atoms. The van der Waals surface area contributed by atoms with Crippen molar-refractivity contribution in [1.82, 2.24) is 0 Å². The average molecular weight is 247 g/mol. The van der Waals surface area contributed by atoms with Crippen LogP contribution in [0.2, 0.25) is 0 Å². The van der Waals surface area contributed by atoms with Gasteiger partial charge in [0.1, 0.15) is 0 Å². The Hall–Kier alpha value is -1.84. The highest BCUT2D eigenvalue weighted by molar-refractivity contribution is 5.92. The lowest BCUT2D eigenvalue weighted by molar-refractivity contribution is -0.125. The number of hydrogen-bond acceptors (Lipinski definition) is 3. The quantitative estimate of drug-likeness (QED) is 0.825. The van der Waals surface area contributed by atoms with Gasteiger partial charge in [0.15, 0.2) is 6.10 Å². The molecule has 4 heteroatoms. The summed E-state index contributed by atoms with van der Waals surface area (Å²) in [5.41, 5.74) is 8.06. The monoisotopic (exact) mass is 247 g/mol. The van der Waals surface area contributed by atoms with Gasteiger partial charge in [0.05, 0.1) is 5.56 Å². The average Bonchev–Trinajstić information content (AvgIpc) is 2.37. The molecule has 0 aromatic heterocycles. The summed E-state index contributed by atoms with van der Waals surface area (Å²) >= 11 is 0. The molecule has 1 atom stereocenters. The van der Waals surface area contributed by atoms with Gasteiger partial charge >= 0.3 is 5.97 Å². The van der Waals surface area contributed by atoms with Gasteiger partial charge < -0.3 is 10.5 Å². The molecule has 18 heavy (non-hydrogen) atoms. The fourth-order valence-corrected chi connectivity index (χ4v) is 2.15. The van der Waals surface area contributed by atoms with Crippen molar-refractivity contribution in [3.8, 4) is 0 Å². The maximum atomic E-state index is 11.8. The zero-order valence-electron chi connectivity index (χ0n) is 10.4. The van der Waals surface area contributed by atoms with Crippen LogP contribution in [0.15, 0.2) is 18.2 Å². The minimum atomic E-state index is -0.895. The highest BCUT2D eigenvalue weighted by Gasteiger charge is 2.18. The zero-order valence-corrected chi connectivity index (χ0v) is 10.4. The Labute approximate surface area is 106 Å². The van der Waals surface area contributed by atoms with E-state index in [0.29, 0.717) is 5.56 Å². The summed E-state index contributed by atoms with van der Waals surface area (Å²) in [5.74, 6) is -1.13. The summed E-state index contributed by atoms with van der Waals surface area (Å²) in [6.45, 7) is 1.47. The van der Waals surface area contributed by atoms with Crippen molar-refractivity contribution >= 4 is 11.9 Å². The second-order valence-corrected chi connectivity index (χ2v) is 4.64. The molecule has 1 aliphatic rings. The first-order valence-electron chi connectivity index (χ1n) is 6.20.